The number of nitrogens with two attached hydrogens (primary N) is 1. The number of nitrogens with zero attached hydrogens (tertiary/aromatic N) is 1. The van der Waals surface area contributed by atoms with Gasteiger partial charge in [-0.3, -0.25) is 14.4 Å². The normalized spacial score (nSPS) is 10.5. The summed E-state index contributed by atoms with van der Waals surface area (Å²) in [5, 5.41) is 14.3. The van der Waals surface area contributed by atoms with Crippen LogP contribution in [0.3, 0.4) is 0 Å². The van der Waals surface area contributed by atoms with Gasteiger partial charge < -0.3 is 30.6 Å². The molecule has 6 N–H and O–H groups in total. The van der Waals surface area contributed by atoms with Crippen molar-refractivity contribution in [3.8, 4) is 11.5 Å². The number of nitrogens with one attached hydrogen (secondary N) is 3. The molecular weight excluding hydrogens is 498 g/mol. The number of ether oxygens (including phenoxy) is 2. The average molecular weight is 522 g/mol. The molecular formula is C21H24BrN5O6. The van der Waals surface area contributed by atoms with Gasteiger partial charge in [0, 0.05) is 12.0 Å². The van der Waals surface area contributed by atoms with Gasteiger partial charge in [0.05, 0.1) is 36.6 Å². The van der Waals surface area contributed by atoms with Gasteiger partial charge in [-0.2, -0.15) is 0 Å². The third-order valence-corrected chi connectivity index (χ3v) is 5.13. The molecule has 0 fully saturated rings. The van der Waals surface area contributed by atoms with Crippen LogP contribution in [0.1, 0.15) is 22.3 Å². The number of carboxylic acid groups (broad SMARTS) is 1. The molecule has 0 aromatic heterocycles. The second-order valence-electron chi connectivity index (χ2n) is 6.56. The second-order valence-corrected chi connectivity index (χ2v) is 7.35. The van der Waals surface area contributed by atoms with E-state index >= 15 is 0 Å². The highest BCUT2D eigenvalue weighted by atomic mass is 79.9. The van der Waals surface area contributed by atoms with Gasteiger partial charge in [-0.25, -0.2) is 10.8 Å². The summed E-state index contributed by atoms with van der Waals surface area (Å²) in [4.78, 5) is 40.1. The first-order valence-corrected chi connectivity index (χ1v) is 10.4. The van der Waals surface area contributed by atoms with E-state index in [1.807, 2.05) is 0 Å². The summed E-state index contributed by atoms with van der Waals surface area (Å²) in [5.74, 6) is 3.87. The van der Waals surface area contributed by atoms with Crippen LogP contribution in [0.2, 0.25) is 0 Å². The molecule has 0 aliphatic rings. The van der Waals surface area contributed by atoms with Crippen molar-refractivity contribution in [3.63, 3.8) is 0 Å². The molecule has 2 aromatic carbocycles. The smallest absolute Gasteiger partial charge is 0.303 e. The first kappa shape index (κ1) is 25.6. The number of hydrogen-bond donors (Lipinski definition) is 5. The molecule has 2 rings (SSSR count). The quantitative estimate of drug-likeness (QED) is 0.129. The maximum atomic E-state index is 12.6. The van der Waals surface area contributed by atoms with Crippen molar-refractivity contribution in [2.45, 2.75) is 12.8 Å². The van der Waals surface area contributed by atoms with Crippen molar-refractivity contribution in [2.75, 3.05) is 26.1 Å². The Kier molecular flexibility index (Phi) is 9.63. The van der Waals surface area contributed by atoms with Gasteiger partial charge in [-0.1, -0.05) is 6.07 Å². The van der Waals surface area contributed by atoms with Gasteiger partial charge in [0.25, 0.3) is 5.91 Å². The highest BCUT2D eigenvalue weighted by Crippen LogP contribution is 2.43. The highest BCUT2D eigenvalue weighted by Gasteiger charge is 2.20. The molecule has 0 bridgehead atoms. The van der Waals surface area contributed by atoms with Crippen molar-refractivity contribution < 1.29 is 29.0 Å². The van der Waals surface area contributed by atoms with E-state index in [1.165, 1.54) is 26.6 Å². The van der Waals surface area contributed by atoms with E-state index in [1.54, 1.807) is 24.3 Å². The monoisotopic (exact) mass is 521 g/mol. The topological polar surface area (TPSA) is 164 Å². The Bertz CT molecular complexity index is 1060. The number of benzene rings is 2. The summed E-state index contributed by atoms with van der Waals surface area (Å²) in [6.45, 7) is -0.324. The number of aryl methyl sites for hydroxylation is 1. The van der Waals surface area contributed by atoms with E-state index in [9.17, 15) is 14.4 Å². The molecule has 12 heteroatoms. The number of halogens is 1. The third kappa shape index (κ3) is 7.19. The minimum Gasteiger partial charge on any atom is -0.493 e. The van der Waals surface area contributed by atoms with Crippen LogP contribution < -0.4 is 31.4 Å². The molecule has 0 aliphatic carbocycles. The molecule has 0 radical (unpaired) electrons. The number of aliphatic imine (C=N–C) groups is 1. The van der Waals surface area contributed by atoms with E-state index < -0.39 is 17.8 Å². The fourth-order valence-electron chi connectivity index (χ4n) is 2.86. The van der Waals surface area contributed by atoms with E-state index in [0.717, 1.165) is 0 Å². The van der Waals surface area contributed by atoms with Crippen LogP contribution in [-0.2, 0) is 16.0 Å². The third-order valence-electron chi connectivity index (χ3n) is 4.37. The van der Waals surface area contributed by atoms with Gasteiger partial charge in [0.2, 0.25) is 5.91 Å². The number of aliphatic carboxylic acids is 1. The van der Waals surface area contributed by atoms with Crippen LogP contribution in [0.25, 0.3) is 0 Å². The summed E-state index contributed by atoms with van der Waals surface area (Å²) < 4.78 is 11.0. The van der Waals surface area contributed by atoms with Crippen LogP contribution in [-0.4, -0.2) is 50.0 Å². The molecule has 176 valence electrons. The highest BCUT2D eigenvalue weighted by molar-refractivity contribution is 9.10. The van der Waals surface area contributed by atoms with Crippen LogP contribution in [0.5, 0.6) is 11.5 Å². The molecule has 0 heterocycles. The molecule has 0 aliphatic heterocycles. The lowest BCUT2D eigenvalue weighted by Gasteiger charge is -2.18. The number of hydrogen-bond acceptors (Lipinski definition) is 7. The van der Waals surface area contributed by atoms with Gasteiger partial charge in [-0.15, -0.1) is 0 Å². The van der Waals surface area contributed by atoms with Crippen LogP contribution in [0, 0.1) is 0 Å². The van der Waals surface area contributed by atoms with E-state index in [0.29, 0.717) is 38.5 Å². The van der Waals surface area contributed by atoms with Crippen LogP contribution >= 0.6 is 15.9 Å². The van der Waals surface area contributed by atoms with Crippen molar-refractivity contribution in [1.82, 2.24) is 10.7 Å². The zero-order chi connectivity index (χ0) is 24.4. The number of amides is 2. The van der Waals surface area contributed by atoms with Gasteiger partial charge >= 0.3 is 5.97 Å². The Morgan fingerprint density at radius 1 is 1.21 bits per heavy atom. The number of hydrazine groups is 1. The molecule has 33 heavy (non-hydrogen) atoms. The van der Waals surface area contributed by atoms with Crippen molar-refractivity contribution >= 4 is 51.4 Å². The predicted molar refractivity (Wildman–Crippen MR) is 126 cm³/mol. The number of carbonyl (C=O) groups is 3. The van der Waals surface area contributed by atoms with Crippen molar-refractivity contribution in [2.24, 2.45) is 10.8 Å². The van der Waals surface area contributed by atoms with Gasteiger partial charge in [-0.05, 0) is 52.2 Å². The fraction of sp³-hybridized carbons (Fsp3) is 0.238. The van der Waals surface area contributed by atoms with Gasteiger partial charge in [0.1, 0.15) is 6.34 Å². The Labute approximate surface area is 198 Å². The maximum Gasteiger partial charge on any atom is 0.303 e. The Morgan fingerprint density at radius 2 is 1.97 bits per heavy atom. The number of carboxylic acids is 1. The summed E-state index contributed by atoms with van der Waals surface area (Å²) in [7, 11) is 2.89. The lowest BCUT2D eigenvalue weighted by Crippen LogP contribution is -2.33. The SMILES string of the molecule is COc1cc(CCC(=O)O)c(NC(=O)CNC(=O)c2cccc(N=CNN)c2)c(Br)c1OC. The molecule has 0 saturated carbocycles. The average Bonchev–Trinajstić information content (AvgIpc) is 2.81. The van der Waals surface area contributed by atoms with E-state index in [4.69, 9.17) is 20.4 Å². The minimum absolute atomic E-state index is 0.140. The number of rotatable bonds is 11. The molecule has 0 unspecified atom stereocenters. The summed E-state index contributed by atoms with van der Waals surface area (Å²) in [6.07, 6.45) is 1.26. The Morgan fingerprint density at radius 3 is 2.61 bits per heavy atom. The Balaban J connectivity index is 2.16. The van der Waals surface area contributed by atoms with Gasteiger partial charge in [0.15, 0.2) is 11.5 Å². The Hall–Kier alpha value is -3.64. The summed E-state index contributed by atoms with van der Waals surface area (Å²) >= 11 is 3.38. The summed E-state index contributed by atoms with van der Waals surface area (Å²) in [6, 6.07) is 8.05. The molecule has 2 aromatic rings. The minimum atomic E-state index is -0.987. The van der Waals surface area contributed by atoms with Crippen LogP contribution in [0.4, 0.5) is 11.4 Å². The number of anilines is 1. The lowest BCUT2D eigenvalue weighted by molar-refractivity contribution is -0.137. The van der Waals surface area contributed by atoms with Crippen molar-refractivity contribution in [1.29, 1.82) is 0 Å². The molecule has 0 atom stereocenters. The zero-order valence-corrected chi connectivity index (χ0v) is 19.6. The predicted octanol–water partition coefficient (Wildman–Crippen LogP) is 1.98. The number of carbonyl (C=O) groups excluding carboxylic acids is 2. The molecule has 11 nitrogen and oxygen atoms in total. The first-order valence-electron chi connectivity index (χ1n) is 9.62. The first-order chi connectivity index (χ1) is 15.8. The summed E-state index contributed by atoms with van der Waals surface area (Å²) in [5.41, 5.74) is 3.94. The zero-order valence-electron chi connectivity index (χ0n) is 18.0. The van der Waals surface area contributed by atoms with E-state index in [-0.39, 0.29) is 19.4 Å². The molecule has 2 amide bonds. The van der Waals surface area contributed by atoms with Crippen LogP contribution in [0.15, 0.2) is 39.8 Å². The van der Waals surface area contributed by atoms with Crippen molar-refractivity contribution in [3.05, 3.63) is 45.9 Å². The number of methoxy groups -OCH3 is 2. The van der Waals surface area contributed by atoms with E-state index in [2.05, 4.69) is 37.0 Å². The maximum absolute atomic E-state index is 12.6. The lowest BCUT2D eigenvalue weighted by atomic mass is 10.1. The largest absolute Gasteiger partial charge is 0.493 e. The fourth-order valence-corrected chi connectivity index (χ4v) is 3.57. The molecule has 0 spiro atoms. The molecule has 0 saturated heterocycles. The second kappa shape index (κ2) is 12.4. The standard InChI is InChI=1S/C21H24BrN5O6/c1-32-15-9-12(6-7-17(29)30)19(18(22)20(15)33-2)27-16(28)10-24-21(31)13-4-3-5-14(8-13)25-11-26-23/h3-5,8-9,11H,6-7,10,23H2,1-2H3,(H,24,31)(H,25,26)(H,27,28)(H,29,30).